The van der Waals surface area contributed by atoms with Crippen molar-refractivity contribution in [3.05, 3.63) is 76.9 Å². The number of nitrogens with zero attached hydrogens (tertiary/aromatic N) is 3. The highest BCUT2D eigenvalue weighted by molar-refractivity contribution is 14.0. The monoisotopic (exact) mass is 519 g/mol. The van der Waals surface area contributed by atoms with Gasteiger partial charge in [-0.05, 0) is 44.2 Å². The van der Waals surface area contributed by atoms with Crippen LogP contribution in [0.3, 0.4) is 0 Å². The number of oxazole rings is 1. The molecule has 8 heteroatoms. The third-order valence-electron chi connectivity index (χ3n) is 4.21. The van der Waals surface area contributed by atoms with Gasteiger partial charge >= 0.3 is 0 Å². The normalized spacial score (nSPS) is 10.8. The molecule has 0 saturated carbocycles. The van der Waals surface area contributed by atoms with E-state index in [0.717, 1.165) is 11.3 Å². The third kappa shape index (κ3) is 6.29. The zero-order valence-electron chi connectivity index (χ0n) is 16.8. The van der Waals surface area contributed by atoms with Gasteiger partial charge in [0.15, 0.2) is 5.96 Å². The fourth-order valence-electron chi connectivity index (χ4n) is 2.66. The third-order valence-corrected chi connectivity index (χ3v) is 4.21. The summed E-state index contributed by atoms with van der Waals surface area (Å²) in [5, 5.41) is 15.2. The Morgan fingerprint density at radius 1 is 1.20 bits per heavy atom. The molecule has 0 saturated heterocycles. The second-order valence-electron chi connectivity index (χ2n) is 6.48. The number of guanidine groups is 1. The van der Waals surface area contributed by atoms with Crippen LogP contribution < -0.4 is 10.6 Å². The quantitative estimate of drug-likeness (QED) is 0.284. The van der Waals surface area contributed by atoms with Crippen LogP contribution in [0.15, 0.2) is 58.1 Å². The first-order chi connectivity index (χ1) is 14.1. The van der Waals surface area contributed by atoms with Crippen molar-refractivity contribution in [3.8, 4) is 17.5 Å². The van der Waals surface area contributed by atoms with Gasteiger partial charge in [0.05, 0.1) is 30.4 Å². The van der Waals surface area contributed by atoms with Gasteiger partial charge in [0.1, 0.15) is 12.1 Å². The van der Waals surface area contributed by atoms with Gasteiger partial charge < -0.3 is 15.1 Å². The SMILES string of the molecule is CCNC(=NCc1cc(C#N)ccc1F)NCc1coc(-c2ccc(C)cc2)n1.I. The fourth-order valence-corrected chi connectivity index (χ4v) is 2.66. The first-order valence-corrected chi connectivity index (χ1v) is 9.31. The number of nitriles is 1. The van der Waals surface area contributed by atoms with E-state index in [9.17, 15) is 4.39 Å². The summed E-state index contributed by atoms with van der Waals surface area (Å²) >= 11 is 0. The largest absolute Gasteiger partial charge is 0.444 e. The molecule has 6 nitrogen and oxygen atoms in total. The summed E-state index contributed by atoms with van der Waals surface area (Å²) in [6.45, 7) is 5.14. The van der Waals surface area contributed by atoms with Gasteiger partial charge in [-0.1, -0.05) is 17.7 Å². The van der Waals surface area contributed by atoms with Gasteiger partial charge in [-0.15, -0.1) is 24.0 Å². The van der Waals surface area contributed by atoms with E-state index in [4.69, 9.17) is 9.68 Å². The van der Waals surface area contributed by atoms with Crippen molar-refractivity contribution in [1.29, 1.82) is 5.26 Å². The minimum absolute atomic E-state index is 0. The first kappa shape index (κ1) is 23.3. The number of aliphatic imine (C=N–C) groups is 1. The van der Waals surface area contributed by atoms with E-state index in [-0.39, 0.29) is 36.3 Å². The molecule has 0 aliphatic rings. The van der Waals surface area contributed by atoms with E-state index >= 15 is 0 Å². The van der Waals surface area contributed by atoms with E-state index in [1.807, 2.05) is 44.2 Å². The van der Waals surface area contributed by atoms with Gasteiger partial charge in [-0.3, -0.25) is 0 Å². The Hall–Kier alpha value is -2.93. The predicted octanol–water partition coefficient (Wildman–Crippen LogP) is 4.53. The second kappa shape index (κ2) is 11.3. The molecule has 3 aromatic rings. The van der Waals surface area contributed by atoms with Gasteiger partial charge in [-0.2, -0.15) is 5.26 Å². The lowest BCUT2D eigenvalue weighted by molar-refractivity contribution is 0.572. The molecule has 2 aromatic carbocycles. The van der Waals surface area contributed by atoms with Crippen LogP contribution in [0, 0.1) is 24.1 Å². The van der Waals surface area contributed by atoms with Crippen LogP contribution >= 0.6 is 24.0 Å². The maximum Gasteiger partial charge on any atom is 0.226 e. The molecular weight excluding hydrogens is 496 g/mol. The van der Waals surface area contributed by atoms with Crippen LogP contribution in [0.1, 0.15) is 29.3 Å². The summed E-state index contributed by atoms with van der Waals surface area (Å²) in [6.07, 6.45) is 1.60. The van der Waals surface area contributed by atoms with Crippen LogP contribution in [0.25, 0.3) is 11.5 Å². The number of aryl methyl sites for hydroxylation is 1. The van der Waals surface area contributed by atoms with Crippen molar-refractivity contribution >= 4 is 29.9 Å². The smallest absolute Gasteiger partial charge is 0.226 e. The zero-order valence-corrected chi connectivity index (χ0v) is 19.1. The summed E-state index contributed by atoms with van der Waals surface area (Å²) in [5.74, 6) is 0.691. The van der Waals surface area contributed by atoms with Gasteiger partial charge in [-0.25, -0.2) is 14.4 Å². The summed E-state index contributed by atoms with van der Waals surface area (Å²) in [4.78, 5) is 8.89. The van der Waals surface area contributed by atoms with E-state index in [1.165, 1.54) is 23.8 Å². The highest BCUT2D eigenvalue weighted by Gasteiger charge is 2.08. The number of rotatable bonds is 6. The minimum Gasteiger partial charge on any atom is -0.444 e. The van der Waals surface area contributed by atoms with E-state index in [1.54, 1.807) is 6.26 Å². The maximum absolute atomic E-state index is 13.9. The van der Waals surface area contributed by atoms with E-state index < -0.39 is 0 Å². The fraction of sp³-hybridized carbons (Fsp3) is 0.227. The summed E-state index contributed by atoms with van der Waals surface area (Å²) in [5.41, 5.74) is 3.58. The second-order valence-corrected chi connectivity index (χ2v) is 6.48. The molecule has 0 fully saturated rings. The van der Waals surface area contributed by atoms with Crippen molar-refractivity contribution < 1.29 is 8.81 Å². The maximum atomic E-state index is 13.9. The molecule has 0 unspecified atom stereocenters. The molecular formula is C22H23FIN5O. The van der Waals surface area contributed by atoms with E-state index in [2.05, 4.69) is 20.6 Å². The molecule has 2 N–H and O–H groups in total. The van der Waals surface area contributed by atoms with Gasteiger partial charge in [0.25, 0.3) is 0 Å². The first-order valence-electron chi connectivity index (χ1n) is 9.31. The van der Waals surface area contributed by atoms with Crippen LogP contribution in [0.2, 0.25) is 0 Å². The number of halogens is 2. The standard InChI is InChI=1S/C22H22FN5O.HI/c1-3-25-22(26-12-18-10-16(11-24)6-9-20(18)23)27-13-19-14-29-21(28-19)17-7-4-15(2)5-8-17;/h4-10,14H,3,12-13H2,1-2H3,(H2,25,26,27);1H. The number of aromatic nitrogens is 1. The molecule has 1 aromatic heterocycles. The van der Waals surface area contributed by atoms with Gasteiger partial charge in [0, 0.05) is 17.7 Å². The number of hydrogen-bond acceptors (Lipinski definition) is 4. The van der Waals surface area contributed by atoms with Crippen molar-refractivity contribution in [1.82, 2.24) is 15.6 Å². The molecule has 3 rings (SSSR count). The van der Waals surface area contributed by atoms with Crippen molar-refractivity contribution in [3.63, 3.8) is 0 Å². The highest BCUT2D eigenvalue weighted by atomic mass is 127. The zero-order chi connectivity index (χ0) is 20.6. The summed E-state index contributed by atoms with van der Waals surface area (Å²) in [6, 6.07) is 14.2. The molecule has 0 radical (unpaired) electrons. The van der Waals surface area contributed by atoms with Crippen LogP contribution in [0.4, 0.5) is 4.39 Å². The predicted molar refractivity (Wildman–Crippen MR) is 125 cm³/mol. The summed E-state index contributed by atoms with van der Waals surface area (Å²) < 4.78 is 19.5. The average molecular weight is 519 g/mol. The molecule has 1 heterocycles. The van der Waals surface area contributed by atoms with Crippen molar-refractivity contribution in [2.75, 3.05) is 6.54 Å². The lowest BCUT2D eigenvalue weighted by atomic mass is 10.1. The average Bonchev–Trinajstić information content (AvgIpc) is 3.20. The molecule has 0 aliphatic carbocycles. The Balaban J connectivity index is 0.00000320. The highest BCUT2D eigenvalue weighted by Crippen LogP contribution is 2.19. The number of nitrogens with one attached hydrogen (secondary N) is 2. The van der Waals surface area contributed by atoms with Crippen molar-refractivity contribution in [2.24, 2.45) is 4.99 Å². The number of hydrogen-bond donors (Lipinski definition) is 2. The van der Waals surface area contributed by atoms with Gasteiger partial charge in [0.2, 0.25) is 5.89 Å². The Morgan fingerprint density at radius 3 is 2.67 bits per heavy atom. The molecule has 0 amide bonds. The molecule has 0 aliphatic heterocycles. The topological polar surface area (TPSA) is 86.2 Å². The number of benzene rings is 2. The van der Waals surface area contributed by atoms with E-state index in [0.29, 0.717) is 36.1 Å². The van der Waals surface area contributed by atoms with Crippen molar-refractivity contribution in [2.45, 2.75) is 26.9 Å². The Morgan fingerprint density at radius 2 is 1.97 bits per heavy atom. The summed E-state index contributed by atoms with van der Waals surface area (Å²) in [7, 11) is 0. The lowest BCUT2D eigenvalue weighted by Gasteiger charge is -2.10. The minimum atomic E-state index is -0.386. The Bertz CT molecular complexity index is 1040. The molecule has 0 spiro atoms. The Kier molecular flexibility index (Phi) is 8.80. The molecule has 0 bridgehead atoms. The van der Waals surface area contributed by atoms with Crippen LogP contribution in [-0.2, 0) is 13.1 Å². The molecule has 30 heavy (non-hydrogen) atoms. The molecule has 156 valence electrons. The lowest BCUT2D eigenvalue weighted by Crippen LogP contribution is -2.36. The van der Waals surface area contributed by atoms with Crippen LogP contribution in [0.5, 0.6) is 0 Å². The Labute approximate surface area is 192 Å². The van der Waals surface area contributed by atoms with Crippen LogP contribution in [-0.4, -0.2) is 17.5 Å². The molecule has 0 atom stereocenters.